The molecule has 0 radical (unpaired) electrons. The highest BCUT2D eigenvalue weighted by molar-refractivity contribution is 5.87. The molecule has 7 nitrogen and oxygen atoms in total. The molecule has 26 heavy (non-hydrogen) atoms. The highest BCUT2D eigenvalue weighted by Gasteiger charge is 2.30. The van der Waals surface area contributed by atoms with E-state index in [0.717, 1.165) is 36.0 Å². The highest BCUT2D eigenvalue weighted by atomic mass is 16.2. The predicted octanol–water partition coefficient (Wildman–Crippen LogP) is 2.80. The van der Waals surface area contributed by atoms with Gasteiger partial charge in [0.15, 0.2) is 0 Å². The summed E-state index contributed by atoms with van der Waals surface area (Å²) in [7, 11) is 0. The second-order valence-electron chi connectivity index (χ2n) is 7.27. The van der Waals surface area contributed by atoms with Crippen molar-refractivity contribution in [3.63, 3.8) is 0 Å². The lowest BCUT2D eigenvalue weighted by Gasteiger charge is -2.35. The zero-order valence-electron chi connectivity index (χ0n) is 14.8. The third kappa shape index (κ3) is 3.98. The predicted molar refractivity (Wildman–Crippen MR) is 98.1 cm³/mol. The smallest absolute Gasteiger partial charge is 0.263 e. The molecule has 1 heterocycles. The standard InChI is InChI=1S/C19H24N6O/c26-18(13-25-23-19(22-24-25)15-7-2-1-3-8-15)21-20-17-11-10-14-6-4-5-9-16(14)12-17/h1-3,7-8,14,16H,4-6,9-13H2,(H,21,26)/b20-17-/t14-,16+/m1/s1. The van der Waals surface area contributed by atoms with Gasteiger partial charge in [0.25, 0.3) is 5.91 Å². The van der Waals surface area contributed by atoms with Crippen molar-refractivity contribution in [1.82, 2.24) is 25.6 Å². The molecule has 2 aliphatic rings. The first-order valence-electron chi connectivity index (χ1n) is 9.45. The number of rotatable bonds is 4. The lowest BCUT2D eigenvalue weighted by molar-refractivity contribution is -0.122. The second-order valence-corrected chi connectivity index (χ2v) is 7.27. The van der Waals surface area contributed by atoms with E-state index < -0.39 is 0 Å². The molecule has 2 aromatic rings. The maximum Gasteiger partial charge on any atom is 0.263 e. The number of benzene rings is 1. The van der Waals surface area contributed by atoms with E-state index in [1.807, 2.05) is 30.3 Å². The molecule has 1 aromatic carbocycles. The van der Waals surface area contributed by atoms with Crippen LogP contribution in [0.2, 0.25) is 0 Å². The molecule has 0 unspecified atom stereocenters. The Bertz CT molecular complexity index is 784. The lowest BCUT2D eigenvalue weighted by Crippen LogP contribution is -2.30. The van der Waals surface area contributed by atoms with Crippen molar-refractivity contribution < 1.29 is 4.79 Å². The van der Waals surface area contributed by atoms with Crippen molar-refractivity contribution in [3.8, 4) is 11.4 Å². The van der Waals surface area contributed by atoms with Gasteiger partial charge in [-0.1, -0.05) is 49.6 Å². The molecule has 136 valence electrons. The van der Waals surface area contributed by atoms with Gasteiger partial charge >= 0.3 is 0 Å². The summed E-state index contributed by atoms with van der Waals surface area (Å²) in [6.07, 6.45) is 8.63. The Morgan fingerprint density at radius 2 is 1.96 bits per heavy atom. The van der Waals surface area contributed by atoms with Gasteiger partial charge in [-0.05, 0) is 42.7 Å². The van der Waals surface area contributed by atoms with E-state index in [1.54, 1.807) is 0 Å². The fourth-order valence-electron chi connectivity index (χ4n) is 4.11. The van der Waals surface area contributed by atoms with E-state index in [4.69, 9.17) is 0 Å². The minimum Gasteiger partial charge on any atom is -0.271 e. The first-order valence-corrected chi connectivity index (χ1v) is 9.45. The highest BCUT2D eigenvalue weighted by Crippen LogP contribution is 2.39. The van der Waals surface area contributed by atoms with E-state index in [1.165, 1.54) is 36.9 Å². The molecule has 1 N–H and O–H groups in total. The van der Waals surface area contributed by atoms with Crippen LogP contribution >= 0.6 is 0 Å². The van der Waals surface area contributed by atoms with Crippen LogP contribution in [0, 0.1) is 11.8 Å². The van der Waals surface area contributed by atoms with Gasteiger partial charge in [0.2, 0.25) is 5.82 Å². The topological polar surface area (TPSA) is 85.1 Å². The van der Waals surface area contributed by atoms with E-state index in [0.29, 0.717) is 5.82 Å². The lowest BCUT2D eigenvalue weighted by atomic mass is 9.70. The molecule has 2 atom stereocenters. The molecular weight excluding hydrogens is 328 g/mol. The average molecular weight is 352 g/mol. The van der Waals surface area contributed by atoms with Gasteiger partial charge in [-0.25, -0.2) is 5.43 Å². The molecule has 0 bridgehead atoms. The first-order chi connectivity index (χ1) is 12.8. The van der Waals surface area contributed by atoms with E-state index >= 15 is 0 Å². The van der Waals surface area contributed by atoms with Crippen molar-refractivity contribution in [3.05, 3.63) is 30.3 Å². The second kappa shape index (κ2) is 7.76. The van der Waals surface area contributed by atoms with E-state index in [2.05, 4.69) is 25.9 Å². The normalized spacial score (nSPS) is 24.2. The van der Waals surface area contributed by atoms with Gasteiger partial charge in [-0.15, -0.1) is 10.2 Å². The Hall–Kier alpha value is -2.57. The molecule has 2 fully saturated rings. The molecule has 1 amide bonds. The summed E-state index contributed by atoms with van der Waals surface area (Å²) in [5.41, 5.74) is 4.67. The number of carbonyl (C=O) groups excluding carboxylic acids is 1. The fourth-order valence-corrected chi connectivity index (χ4v) is 4.11. The number of nitrogens with zero attached hydrogens (tertiary/aromatic N) is 5. The molecule has 1 aromatic heterocycles. The van der Waals surface area contributed by atoms with E-state index in [9.17, 15) is 4.79 Å². The van der Waals surface area contributed by atoms with Crippen LogP contribution in [0.3, 0.4) is 0 Å². The third-order valence-electron chi connectivity index (χ3n) is 5.48. The van der Waals surface area contributed by atoms with Gasteiger partial charge in [0, 0.05) is 11.3 Å². The van der Waals surface area contributed by atoms with Crippen LogP contribution in [0.4, 0.5) is 0 Å². The molecule has 7 heteroatoms. The molecule has 0 spiro atoms. The van der Waals surface area contributed by atoms with Gasteiger partial charge in [-0.3, -0.25) is 4.79 Å². The Kier molecular flexibility index (Phi) is 5.04. The summed E-state index contributed by atoms with van der Waals surface area (Å²) in [5.74, 6) is 1.92. The number of hydrazone groups is 1. The maximum absolute atomic E-state index is 12.1. The summed E-state index contributed by atoms with van der Waals surface area (Å²) in [6.45, 7) is 0.0165. The van der Waals surface area contributed by atoms with Crippen LogP contribution in [0.25, 0.3) is 11.4 Å². The summed E-state index contributed by atoms with van der Waals surface area (Å²) in [6, 6.07) is 9.59. The summed E-state index contributed by atoms with van der Waals surface area (Å²) in [4.78, 5) is 13.4. The SMILES string of the molecule is O=C(Cn1nnc(-c2ccccc2)n1)N/N=C1/CC[C@H]2CCCC[C@H]2C1. The quantitative estimate of drug-likeness (QED) is 0.858. The molecular formula is C19H24N6O. The maximum atomic E-state index is 12.1. The van der Waals surface area contributed by atoms with Crippen LogP contribution in [0.1, 0.15) is 44.9 Å². The number of nitrogens with one attached hydrogen (secondary N) is 1. The van der Waals surface area contributed by atoms with Crippen molar-refractivity contribution in [2.45, 2.75) is 51.5 Å². The Labute approximate surface area is 152 Å². The minimum absolute atomic E-state index is 0.0165. The van der Waals surface area contributed by atoms with Crippen molar-refractivity contribution in [2.75, 3.05) is 0 Å². The van der Waals surface area contributed by atoms with Gasteiger partial charge < -0.3 is 0 Å². The molecule has 2 aliphatic carbocycles. The minimum atomic E-state index is -0.222. The average Bonchev–Trinajstić information content (AvgIpc) is 3.15. The molecule has 4 rings (SSSR count). The van der Waals surface area contributed by atoms with Crippen molar-refractivity contribution in [1.29, 1.82) is 0 Å². The third-order valence-corrected chi connectivity index (χ3v) is 5.48. The van der Waals surface area contributed by atoms with Crippen LogP contribution in [0.5, 0.6) is 0 Å². The number of fused-ring (bicyclic) bond motifs is 1. The number of hydrogen-bond acceptors (Lipinski definition) is 5. The molecule has 0 aliphatic heterocycles. The largest absolute Gasteiger partial charge is 0.271 e. The summed E-state index contributed by atoms with van der Waals surface area (Å²) >= 11 is 0. The number of tetrazole rings is 1. The number of carbonyl (C=O) groups is 1. The number of hydrogen-bond donors (Lipinski definition) is 1. The van der Waals surface area contributed by atoms with Crippen molar-refractivity contribution >= 4 is 11.6 Å². The summed E-state index contributed by atoms with van der Waals surface area (Å²) < 4.78 is 0. The van der Waals surface area contributed by atoms with Crippen LogP contribution in [-0.4, -0.2) is 31.8 Å². The monoisotopic (exact) mass is 352 g/mol. The van der Waals surface area contributed by atoms with Crippen molar-refractivity contribution in [2.24, 2.45) is 16.9 Å². The Morgan fingerprint density at radius 3 is 2.81 bits per heavy atom. The molecule has 2 saturated carbocycles. The zero-order chi connectivity index (χ0) is 17.8. The van der Waals surface area contributed by atoms with Gasteiger partial charge in [0.05, 0.1) is 0 Å². The van der Waals surface area contributed by atoms with Gasteiger partial charge in [0.1, 0.15) is 6.54 Å². The number of aromatic nitrogens is 4. The fraction of sp³-hybridized carbons (Fsp3) is 0.526. The Morgan fingerprint density at radius 1 is 1.15 bits per heavy atom. The van der Waals surface area contributed by atoms with Crippen LogP contribution < -0.4 is 5.43 Å². The van der Waals surface area contributed by atoms with Gasteiger partial charge in [-0.2, -0.15) is 9.90 Å². The number of amides is 1. The Balaban J connectivity index is 1.31. The van der Waals surface area contributed by atoms with Crippen LogP contribution in [-0.2, 0) is 11.3 Å². The molecule has 0 saturated heterocycles. The van der Waals surface area contributed by atoms with Crippen LogP contribution in [0.15, 0.2) is 35.4 Å². The first kappa shape index (κ1) is 16.9. The zero-order valence-corrected chi connectivity index (χ0v) is 14.8. The summed E-state index contributed by atoms with van der Waals surface area (Å²) in [5, 5.41) is 16.6. The van der Waals surface area contributed by atoms with E-state index in [-0.39, 0.29) is 12.5 Å².